The molecule has 1 aliphatic carbocycles. The Kier molecular flexibility index (Phi) is 2.27. The van der Waals surface area contributed by atoms with E-state index in [1.54, 1.807) is 0 Å². The zero-order valence-corrected chi connectivity index (χ0v) is 9.11. The van der Waals surface area contributed by atoms with Crippen LogP contribution in [-0.4, -0.2) is 4.98 Å². The first-order valence-corrected chi connectivity index (χ1v) is 5.18. The molecular formula is C9H6BrClN2. The van der Waals surface area contributed by atoms with Gasteiger partial charge in [-0.1, -0.05) is 11.6 Å². The van der Waals surface area contributed by atoms with Gasteiger partial charge in [0.25, 0.3) is 0 Å². The number of halogens is 2. The molecule has 0 aliphatic heterocycles. The zero-order chi connectivity index (χ0) is 9.42. The Morgan fingerprint density at radius 2 is 2.23 bits per heavy atom. The van der Waals surface area contributed by atoms with Crippen LogP contribution < -0.4 is 0 Å². The third-order valence-electron chi connectivity index (χ3n) is 2.24. The maximum Gasteiger partial charge on any atom is 0.144 e. The normalized spacial score (nSPS) is 13.9. The maximum atomic E-state index is 8.94. The Labute approximate surface area is 89.7 Å². The summed E-state index contributed by atoms with van der Waals surface area (Å²) in [6.07, 6.45) is 2.96. The van der Waals surface area contributed by atoms with E-state index in [0.717, 1.165) is 30.5 Å². The van der Waals surface area contributed by atoms with Crippen molar-refractivity contribution in [2.45, 2.75) is 19.3 Å². The van der Waals surface area contributed by atoms with Gasteiger partial charge >= 0.3 is 0 Å². The smallest absolute Gasteiger partial charge is 0.144 e. The summed E-state index contributed by atoms with van der Waals surface area (Å²) < 4.78 is 0.636. The molecule has 0 aromatic carbocycles. The molecule has 66 valence electrons. The Balaban J connectivity index is 2.73. The van der Waals surface area contributed by atoms with Crippen molar-refractivity contribution >= 4 is 27.5 Å². The van der Waals surface area contributed by atoms with Crippen LogP contribution in [0.1, 0.15) is 23.2 Å². The van der Waals surface area contributed by atoms with Gasteiger partial charge in [-0.3, -0.25) is 0 Å². The number of fused-ring (bicyclic) bond motifs is 1. The molecule has 13 heavy (non-hydrogen) atoms. The van der Waals surface area contributed by atoms with Crippen molar-refractivity contribution in [1.29, 1.82) is 5.26 Å². The van der Waals surface area contributed by atoms with Gasteiger partial charge in [-0.05, 0) is 40.8 Å². The number of hydrogen-bond donors (Lipinski definition) is 0. The van der Waals surface area contributed by atoms with Crippen molar-refractivity contribution in [2.75, 3.05) is 0 Å². The lowest BCUT2D eigenvalue weighted by atomic mass is 10.1. The second kappa shape index (κ2) is 3.28. The van der Waals surface area contributed by atoms with Gasteiger partial charge in [0.15, 0.2) is 0 Å². The summed E-state index contributed by atoms with van der Waals surface area (Å²) in [5.41, 5.74) is 2.72. The predicted octanol–water partition coefficient (Wildman–Crippen LogP) is 2.86. The van der Waals surface area contributed by atoms with Crippen molar-refractivity contribution in [2.24, 2.45) is 0 Å². The molecule has 0 atom stereocenters. The Hall–Kier alpha value is -0.590. The van der Waals surface area contributed by atoms with Gasteiger partial charge in [-0.25, -0.2) is 4.98 Å². The first-order valence-electron chi connectivity index (χ1n) is 4.01. The van der Waals surface area contributed by atoms with Crippen LogP contribution in [0.15, 0.2) is 4.47 Å². The zero-order valence-electron chi connectivity index (χ0n) is 6.77. The summed E-state index contributed by atoms with van der Waals surface area (Å²) in [5, 5.41) is 9.34. The first-order chi connectivity index (χ1) is 6.24. The quantitative estimate of drug-likeness (QED) is 0.670. The van der Waals surface area contributed by atoms with Crippen LogP contribution in [-0.2, 0) is 12.8 Å². The Morgan fingerprint density at radius 1 is 1.46 bits per heavy atom. The van der Waals surface area contributed by atoms with E-state index in [9.17, 15) is 0 Å². The second-order valence-electron chi connectivity index (χ2n) is 2.98. The lowest BCUT2D eigenvalue weighted by Gasteiger charge is -2.04. The highest BCUT2D eigenvalue weighted by atomic mass is 79.9. The van der Waals surface area contributed by atoms with Crippen molar-refractivity contribution < 1.29 is 0 Å². The minimum Gasteiger partial charge on any atom is -0.240 e. The van der Waals surface area contributed by atoms with E-state index >= 15 is 0 Å². The molecule has 0 N–H and O–H groups in total. The van der Waals surface area contributed by atoms with Gasteiger partial charge in [0.05, 0.1) is 10.0 Å². The van der Waals surface area contributed by atoms with Crippen molar-refractivity contribution in [3.8, 4) is 6.07 Å². The summed E-state index contributed by atoms with van der Waals surface area (Å²) in [6.45, 7) is 0. The summed E-state index contributed by atoms with van der Waals surface area (Å²) in [5.74, 6) is 0. The van der Waals surface area contributed by atoms with Gasteiger partial charge in [-0.2, -0.15) is 5.26 Å². The molecule has 0 fully saturated rings. The first kappa shape index (κ1) is 8.98. The van der Waals surface area contributed by atoms with Crippen molar-refractivity contribution in [1.82, 2.24) is 4.98 Å². The average Bonchev–Trinajstić information content (AvgIpc) is 2.54. The van der Waals surface area contributed by atoms with Gasteiger partial charge < -0.3 is 0 Å². The number of rotatable bonds is 0. The third-order valence-corrected chi connectivity index (χ3v) is 3.51. The van der Waals surface area contributed by atoms with Crippen LogP contribution in [0.4, 0.5) is 0 Å². The van der Waals surface area contributed by atoms with E-state index < -0.39 is 0 Å². The predicted molar refractivity (Wildman–Crippen MR) is 53.7 cm³/mol. The van der Waals surface area contributed by atoms with E-state index in [2.05, 4.69) is 27.0 Å². The number of aromatic nitrogens is 1. The van der Waals surface area contributed by atoms with Gasteiger partial charge in [0.2, 0.25) is 0 Å². The fourth-order valence-corrected chi connectivity index (χ4v) is 2.25. The molecule has 0 bridgehead atoms. The summed E-state index contributed by atoms with van der Waals surface area (Å²) in [7, 11) is 0. The number of aryl methyl sites for hydroxylation is 1. The largest absolute Gasteiger partial charge is 0.240 e. The molecule has 0 saturated heterocycles. The fourth-order valence-electron chi connectivity index (χ4n) is 1.64. The van der Waals surface area contributed by atoms with Gasteiger partial charge in [-0.15, -0.1) is 0 Å². The van der Waals surface area contributed by atoms with E-state index in [1.165, 1.54) is 0 Å². The summed E-state index contributed by atoms with van der Waals surface area (Å²) >= 11 is 9.14. The standard InChI is InChI=1S/C9H6BrClN2/c10-8-6(4-12)5-2-1-3-7(5)13-9(8)11/h1-3H2. The second-order valence-corrected chi connectivity index (χ2v) is 4.13. The van der Waals surface area contributed by atoms with Gasteiger partial charge in [0, 0.05) is 5.69 Å². The van der Waals surface area contributed by atoms with Crippen LogP contribution in [0.5, 0.6) is 0 Å². The van der Waals surface area contributed by atoms with Crippen LogP contribution in [0.2, 0.25) is 5.15 Å². The molecule has 4 heteroatoms. The number of nitrogens with zero attached hydrogens (tertiary/aromatic N) is 2. The molecule has 2 rings (SSSR count). The molecule has 0 spiro atoms. The lowest BCUT2D eigenvalue weighted by molar-refractivity contribution is 0.899. The number of hydrogen-bond acceptors (Lipinski definition) is 2. The Morgan fingerprint density at radius 3 is 2.92 bits per heavy atom. The fraction of sp³-hybridized carbons (Fsp3) is 0.333. The van der Waals surface area contributed by atoms with Gasteiger partial charge in [0.1, 0.15) is 11.2 Å². The van der Waals surface area contributed by atoms with Crippen molar-refractivity contribution in [3.05, 3.63) is 26.4 Å². The SMILES string of the molecule is N#Cc1c(Br)c(Cl)nc2c1CCC2. The van der Waals surface area contributed by atoms with Crippen LogP contribution in [0.25, 0.3) is 0 Å². The molecule has 1 heterocycles. The highest BCUT2D eigenvalue weighted by molar-refractivity contribution is 9.10. The monoisotopic (exact) mass is 256 g/mol. The molecule has 0 unspecified atom stereocenters. The van der Waals surface area contributed by atoms with Crippen LogP contribution >= 0.6 is 27.5 Å². The van der Waals surface area contributed by atoms with Crippen molar-refractivity contribution in [3.63, 3.8) is 0 Å². The molecule has 1 aliphatic rings. The summed E-state index contributed by atoms with van der Waals surface area (Å²) in [6, 6.07) is 2.17. The minimum absolute atomic E-state index is 0.400. The molecule has 2 nitrogen and oxygen atoms in total. The van der Waals surface area contributed by atoms with E-state index in [4.69, 9.17) is 16.9 Å². The highest BCUT2D eigenvalue weighted by Crippen LogP contribution is 2.32. The van der Waals surface area contributed by atoms with E-state index in [0.29, 0.717) is 15.2 Å². The average molecular weight is 258 g/mol. The molecule has 0 saturated carbocycles. The maximum absolute atomic E-state index is 8.94. The number of nitriles is 1. The summed E-state index contributed by atoms with van der Waals surface area (Å²) in [4.78, 5) is 4.23. The van der Waals surface area contributed by atoms with E-state index in [-0.39, 0.29) is 0 Å². The molecule has 1 aromatic heterocycles. The third kappa shape index (κ3) is 1.34. The molecule has 0 radical (unpaired) electrons. The van der Waals surface area contributed by atoms with E-state index in [1.807, 2.05) is 0 Å². The molecule has 1 aromatic rings. The van der Waals surface area contributed by atoms with Crippen LogP contribution in [0.3, 0.4) is 0 Å². The molecule has 0 amide bonds. The lowest BCUT2D eigenvalue weighted by Crippen LogP contribution is -1.95. The highest BCUT2D eigenvalue weighted by Gasteiger charge is 2.20. The Bertz CT molecular complexity index is 409. The van der Waals surface area contributed by atoms with Crippen LogP contribution in [0, 0.1) is 11.3 Å². The topological polar surface area (TPSA) is 36.7 Å². The molecular weight excluding hydrogens is 251 g/mol. The minimum atomic E-state index is 0.400. The number of pyridine rings is 1.